The number of likely N-dealkylation sites (tertiary alicyclic amines) is 1. The number of piperidine rings is 2. The maximum absolute atomic E-state index is 13.4. The Hall–Kier alpha value is -2.38. The van der Waals surface area contributed by atoms with Gasteiger partial charge in [-0.1, -0.05) is 6.92 Å². The van der Waals surface area contributed by atoms with Crippen molar-refractivity contribution < 1.29 is 18.4 Å². The Morgan fingerprint density at radius 2 is 1.62 bits per heavy atom. The number of nitrogens with zero attached hydrogens (tertiary/aromatic N) is 3. The first kappa shape index (κ1) is 21.3. The van der Waals surface area contributed by atoms with Crippen LogP contribution in [0.1, 0.15) is 39.0 Å². The van der Waals surface area contributed by atoms with Crippen LogP contribution in [0.15, 0.2) is 18.2 Å². The molecular weight excluding hydrogens is 378 g/mol. The molecule has 0 radical (unpaired) electrons. The van der Waals surface area contributed by atoms with E-state index in [9.17, 15) is 18.4 Å². The molecule has 2 heterocycles. The summed E-state index contributed by atoms with van der Waals surface area (Å²) in [5.41, 5.74) is 0.540. The van der Waals surface area contributed by atoms with Crippen molar-refractivity contribution in [1.82, 2.24) is 15.1 Å². The summed E-state index contributed by atoms with van der Waals surface area (Å²) in [5.74, 6) is -0.993. The molecule has 29 heavy (non-hydrogen) atoms. The van der Waals surface area contributed by atoms with Gasteiger partial charge < -0.3 is 20.0 Å². The lowest BCUT2D eigenvalue weighted by Gasteiger charge is -2.38. The van der Waals surface area contributed by atoms with E-state index in [2.05, 4.69) is 5.32 Å². The fourth-order valence-electron chi connectivity index (χ4n) is 4.17. The molecule has 8 heteroatoms. The van der Waals surface area contributed by atoms with Gasteiger partial charge in [0.25, 0.3) is 0 Å². The lowest BCUT2D eigenvalue weighted by Crippen LogP contribution is -2.53. The summed E-state index contributed by atoms with van der Waals surface area (Å²) >= 11 is 0. The highest BCUT2D eigenvalue weighted by molar-refractivity contribution is 5.76. The van der Waals surface area contributed by atoms with Gasteiger partial charge in [-0.2, -0.15) is 0 Å². The highest BCUT2D eigenvalue weighted by Gasteiger charge is 2.29. The van der Waals surface area contributed by atoms with Gasteiger partial charge in [0.1, 0.15) is 11.6 Å². The van der Waals surface area contributed by atoms with Gasteiger partial charge in [0.05, 0.1) is 0 Å². The second-order valence-corrected chi connectivity index (χ2v) is 7.91. The molecule has 0 saturated carbocycles. The average Bonchev–Trinajstić information content (AvgIpc) is 2.72. The minimum atomic E-state index is -0.580. The molecule has 1 aromatic carbocycles. The monoisotopic (exact) mass is 408 g/mol. The van der Waals surface area contributed by atoms with Crippen molar-refractivity contribution in [2.24, 2.45) is 0 Å². The second kappa shape index (κ2) is 9.41. The highest BCUT2D eigenvalue weighted by atomic mass is 19.1. The number of nitrogens with one attached hydrogen (secondary N) is 1. The SMILES string of the molecule is CCC(=O)N1CCC(N(C)C(=O)NC2CCN(c3cc(F)cc(F)c3)CC2)CC1. The zero-order valence-corrected chi connectivity index (χ0v) is 17.2. The molecule has 2 aliphatic heterocycles. The van der Waals surface area contributed by atoms with Gasteiger partial charge in [0.15, 0.2) is 0 Å². The van der Waals surface area contributed by atoms with Crippen molar-refractivity contribution >= 4 is 17.6 Å². The quantitative estimate of drug-likeness (QED) is 0.833. The Balaban J connectivity index is 1.45. The predicted octanol–water partition coefficient (Wildman–Crippen LogP) is 2.98. The molecule has 1 aromatic rings. The summed E-state index contributed by atoms with van der Waals surface area (Å²) in [6.45, 7) is 4.52. The van der Waals surface area contributed by atoms with Crippen LogP contribution in [0.3, 0.4) is 0 Å². The van der Waals surface area contributed by atoms with Crippen LogP contribution in [0.5, 0.6) is 0 Å². The van der Waals surface area contributed by atoms with E-state index in [0.29, 0.717) is 38.3 Å². The molecule has 0 unspecified atom stereocenters. The number of amides is 3. The normalized spacial score (nSPS) is 18.6. The van der Waals surface area contributed by atoms with Gasteiger partial charge in [0.2, 0.25) is 5.91 Å². The molecule has 0 bridgehead atoms. The number of urea groups is 1. The van der Waals surface area contributed by atoms with Crippen LogP contribution in [0, 0.1) is 11.6 Å². The Morgan fingerprint density at radius 3 is 2.17 bits per heavy atom. The van der Waals surface area contributed by atoms with Crippen LogP contribution < -0.4 is 10.2 Å². The van der Waals surface area contributed by atoms with E-state index in [1.165, 1.54) is 12.1 Å². The van der Waals surface area contributed by atoms with Crippen molar-refractivity contribution in [3.05, 3.63) is 29.8 Å². The highest BCUT2D eigenvalue weighted by Crippen LogP contribution is 2.23. The summed E-state index contributed by atoms with van der Waals surface area (Å²) < 4.78 is 26.9. The van der Waals surface area contributed by atoms with Crippen molar-refractivity contribution in [1.29, 1.82) is 0 Å². The van der Waals surface area contributed by atoms with Gasteiger partial charge >= 0.3 is 6.03 Å². The van der Waals surface area contributed by atoms with E-state index in [1.807, 2.05) is 23.8 Å². The molecule has 2 saturated heterocycles. The van der Waals surface area contributed by atoms with Crippen LogP contribution in [0.25, 0.3) is 0 Å². The van der Waals surface area contributed by atoms with Gasteiger partial charge in [-0.3, -0.25) is 4.79 Å². The summed E-state index contributed by atoms with van der Waals surface area (Å²) in [6, 6.07) is 3.62. The molecule has 3 amide bonds. The summed E-state index contributed by atoms with van der Waals surface area (Å²) in [5, 5.41) is 3.09. The minimum Gasteiger partial charge on any atom is -0.371 e. The van der Waals surface area contributed by atoms with E-state index in [-0.39, 0.29) is 24.0 Å². The van der Waals surface area contributed by atoms with Crippen LogP contribution in [0.4, 0.5) is 19.3 Å². The van der Waals surface area contributed by atoms with Crippen LogP contribution in [-0.4, -0.2) is 67.0 Å². The molecule has 0 atom stereocenters. The average molecular weight is 408 g/mol. The zero-order valence-electron chi connectivity index (χ0n) is 17.2. The lowest BCUT2D eigenvalue weighted by molar-refractivity contribution is -0.132. The van der Waals surface area contributed by atoms with Crippen molar-refractivity contribution in [2.75, 3.05) is 38.1 Å². The van der Waals surface area contributed by atoms with Crippen molar-refractivity contribution in [2.45, 2.75) is 51.1 Å². The first-order valence-corrected chi connectivity index (χ1v) is 10.4. The molecule has 6 nitrogen and oxygen atoms in total. The number of hydrogen-bond donors (Lipinski definition) is 1. The fourth-order valence-corrected chi connectivity index (χ4v) is 4.17. The van der Waals surface area contributed by atoms with Crippen LogP contribution in [0.2, 0.25) is 0 Å². The Labute approximate surface area is 170 Å². The topological polar surface area (TPSA) is 55.9 Å². The van der Waals surface area contributed by atoms with Crippen molar-refractivity contribution in [3.8, 4) is 0 Å². The minimum absolute atomic E-state index is 0.0429. The second-order valence-electron chi connectivity index (χ2n) is 7.91. The molecule has 1 N–H and O–H groups in total. The van der Waals surface area contributed by atoms with Crippen LogP contribution in [-0.2, 0) is 4.79 Å². The van der Waals surface area contributed by atoms with E-state index < -0.39 is 11.6 Å². The maximum atomic E-state index is 13.4. The number of hydrogen-bond acceptors (Lipinski definition) is 3. The first-order valence-electron chi connectivity index (χ1n) is 10.4. The number of halogens is 2. The molecule has 160 valence electrons. The van der Waals surface area contributed by atoms with E-state index in [1.54, 1.807) is 4.90 Å². The summed E-state index contributed by atoms with van der Waals surface area (Å²) in [7, 11) is 1.81. The van der Waals surface area contributed by atoms with Gasteiger partial charge in [0, 0.05) is 63.5 Å². The van der Waals surface area contributed by atoms with Gasteiger partial charge in [-0.15, -0.1) is 0 Å². The van der Waals surface area contributed by atoms with E-state index in [4.69, 9.17) is 0 Å². The zero-order chi connectivity index (χ0) is 21.0. The lowest BCUT2D eigenvalue weighted by atomic mass is 10.0. The molecular formula is C21H30F2N4O2. The van der Waals surface area contributed by atoms with Gasteiger partial charge in [-0.05, 0) is 37.8 Å². The van der Waals surface area contributed by atoms with E-state index >= 15 is 0 Å². The third-order valence-electron chi connectivity index (χ3n) is 6.02. The Kier molecular flexibility index (Phi) is 6.92. The third-order valence-corrected chi connectivity index (χ3v) is 6.02. The standard InChI is InChI=1S/C21H30F2N4O2/c1-3-20(28)27-10-6-18(7-11-27)25(2)21(29)24-17-4-8-26(9-5-17)19-13-15(22)12-16(23)14-19/h12-14,17-18H,3-11H2,1-2H3,(H,24,29). The third kappa shape index (κ3) is 5.36. The summed E-state index contributed by atoms with van der Waals surface area (Å²) in [4.78, 5) is 30.0. The first-order chi connectivity index (χ1) is 13.9. The Bertz CT molecular complexity index is 709. The van der Waals surface area contributed by atoms with Crippen molar-refractivity contribution in [3.63, 3.8) is 0 Å². The van der Waals surface area contributed by atoms with Gasteiger partial charge in [-0.25, -0.2) is 13.6 Å². The predicted molar refractivity (Wildman–Crippen MR) is 108 cm³/mol. The molecule has 2 aliphatic rings. The largest absolute Gasteiger partial charge is 0.371 e. The molecule has 0 aromatic heterocycles. The number of anilines is 1. The number of benzene rings is 1. The summed E-state index contributed by atoms with van der Waals surface area (Å²) in [6.07, 6.45) is 3.54. The smallest absolute Gasteiger partial charge is 0.317 e. The van der Waals surface area contributed by atoms with E-state index in [0.717, 1.165) is 31.7 Å². The maximum Gasteiger partial charge on any atom is 0.317 e. The Morgan fingerprint density at radius 1 is 1.03 bits per heavy atom. The molecule has 0 aliphatic carbocycles. The number of carbonyl (C=O) groups is 2. The molecule has 3 rings (SSSR count). The number of rotatable bonds is 4. The molecule has 0 spiro atoms. The fraction of sp³-hybridized carbons (Fsp3) is 0.619. The number of carbonyl (C=O) groups excluding carboxylic acids is 2. The molecule has 2 fully saturated rings. The van der Waals surface area contributed by atoms with Crippen LogP contribution >= 0.6 is 0 Å².